The first-order chi connectivity index (χ1) is 14.5. The van der Waals surface area contributed by atoms with E-state index in [9.17, 15) is 9.59 Å². The normalized spacial score (nSPS) is 10.7. The van der Waals surface area contributed by atoms with E-state index in [0.717, 1.165) is 22.6 Å². The molecule has 9 nitrogen and oxygen atoms in total. The Labute approximate surface area is 172 Å². The average Bonchev–Trinajstić information content (AvgIpc) is 3.28. The van der Waals surface area contributed by atoms with Crippen molar-refractivity contribution in [1.29, 1.82) is 0 Å². The minimum atomic E-state index is -0.353. The summed E-state index contributed by atoms with van der Waals surface area (Å²) in [6, 6.07) is 12.2. The van der Waals surface area contributed by atoms with Crippen molar-refractivity contribution in [3.63, 3.8) is 0 Å². The minimum absolute atomic E-state index is 0.152. The van der Waals surface area contributed by atoms with Crippen molar-refractivity contribution in [3.8, 4) is 5.69 Å². The quantitative estimate of drug-likeness (QED) is 0.530. The highest BCUT2D eigenvalue weighted by Crippen LogP contribution is 2.15. The molecule has 0 aliphatic carbocycles. The molecule has 0 unspecified atom stereocenters. The van der Waals surface area contributed by atoms with E-state index >= 15 is 0 Å². The highest BCUT2D eigenvalue weighted by molar-refractivity contribution is 6.00. The summed E-state index contributed by atoms with van der Waals surface area (Å²) in [6.07, 6.45) is 3.03. The number of amides is 2. The van der Waals surface area contributed by atoms with Gasteiger partial charge >= 0.3 is 0 Å². The average molecular weight is 401 g/mol. The zero-order valence-electron chi connectivity index (χ0n) is 16.5. The van der Waals surface area contributed by atoms with E-state index < -0.39 is 0 Å². The van der Waals surface area contributed by atoms with Crippen LogP contribution in [0.4, 0.5) is 5.69 Å². The molecule has 9 heteroatoms. The summed E-state index contributed by atoms with van der Waals surface area (Å²) in [6.45, 7) is 3.61. The van der Waals surface area contributed by atoms with Crippen molar-refractivity contribution in [2.24, 2.45) is 0 Å². The third kappa shape index (κ3) is 4.14. The first-order valence-corrected chi connectivity index (χ1v) is 9.28. The number of carbonyl (C=O) groups is 2. The molecule has 0 radical (unpaired) electrons. The van der Waals surface area contributed by atoms with Crippen molar-refractivity contribution >= 4 is 28.5 Å². The fourth-order valence-corrected chi connectivity index (χ4v) is 2.88. The van der Waals surface area contributed by atoms with Crippen LogP contribution in [-0.4, -0.2) is 43.1 Å². The van der Waals surface area contributed by atoms with Crippen molar-refractivity contribution in [1.82, 2.24) is 30.0 Å². The number of rotatable bonds is 5. The lowest BCUT2D eigenvalue weighted by molar-refractivity contribution is -0.115. The summed E-state index contributed by atoms with van der Waals surface area (Å²) in [5.74, 6) is -0.683. The molecule has 0 bridgehead atoms. The van der Waals surface area contributed by atoms with E-state index in [1.165, 1.54) is 6.33 Å². The number of aromatic nitrogens is 5. The second-order valence-corrected chi connectivity index (χ2v) is 6.72. The third-order valence-corrected chi connectivity index (χ3v) is 4.58. The van der Waals surface area contributed by atoms with E-state index in [1.54, 1.807) is 41.3 Å². The third-order valence-electron chi connectivity index (χ3n) is 4.58. The largest absolute Gasteiger partial charge is 0.343 e. The van der Waals surface area contributed by atoms with Crippen molar-refractivity contribution < 1.29 is 9.59 Å². The number of carbonyl (C=O) groups excluding carboxylic acids is 2. The Hall–Kier alpha value is -4.14. The van der Waals surface area contributed by atoms with Gasteiger partial charge in [0, 0.05) is 11.3 Å². The van der Waals surface area contributed by atoms with Gasteiger partial charge in [0.15, 0.2) is 0 Å². The Bertz CT molecular complexity index is 1220. The maximum absolute atomic E-state index is 12.4. The molecule has 0 aliphatic heterocycles. The van der Waals surface area contributed by atoms with Gasteiger partial charge in [-0.1, -0.05) is 0 Å². The van der Waals surface area contributed by atoms with E-state index in [1.807, 2.05) is 26.0 Å². The molecule has 0 spiro atoms. The van der Waals surface area contributed by atoms with E-state index in [2.05, 4.69) is 30.7 Å². The van der Waals surface area contributed by atoms with Gasteiger partial charge in [0.05, 0.1) is 34.7 Å². The number of benzene rings is 2. The maximum Gasteiger partial charge on any atom is 0.251 e. The van der Waals surface area contributed by atoms with Crippen LogP contribution in [-0.2, 0) is 4.79 Å². The lowest BCUT2D eigenvalue weighted by Crippen LogP contribution is -2.32. The van der Waals surface area contributed by atoms with Crippen molar-refractivity contribution in [2.45, 2.75) is 13.8 Å². The summed E-state index contributed by atoms with van der Waals surface area (Å²) in [4.78, 5) is 37.4. The van der Waals surface area contributed by atoms with E-state index in [0.29, 0.717) is 16.8 Å². The zero-order valence-corrected chi connectivity index (χ0v) is 16.5. The Balaban J connectivity index is 1.36. The molecule has 0 atom stereocenters. The van der Waals surface area contributed by atoms with Crippen molar-refractivity contribution in [2.75, 3.05) is 11.9 Å². The van der Waals surface area contributed by atoms with Crippen LogP contribution in [0.5, 0.6) is 0 Å². The van der Waals surface area contributed by atoms with Gasteiger partial charge in [-0.05, 0) is 56.3 Å². The monoisotopic (exact) mass is 401 g/mol. The molecular weight excluding hydrogens is 382 g/mol. The predicted octanol–water partition coefficient (Wildman–Crippen LogP) is 2.20. The van der Waals surface area contributed by atoms with E-state index in [-0.39, 0.29) is 18.4 Å². The molecule has 4 rings (SSSR count). The van der Waals surface area contributed by atoms with Crippen LogP contribution in [0, 0.1) is 13.8 Å². The molecule has 0 aliphatic rings. The second kappa shape index (κ2) is 8.08. The van der Waals surface area contributed by atoms with Gasteiger partial charge in [0.25, 0.3) is 5.91 Å². The molecule has 2 aromatic carbocycles. The van der Waals surface area contributed by atoms with Gasteiger partial charge in [-0.3, -0.25) is 9.59 Å². The van der Waals surface area contributed by atoms with Crippen LogP contribution >= 0.6 is 0 Å². The standard InChI is InChI=1S/C21H19N7O2/c1-13-14(2)26-19-9-15(3-8-18(19)25-13)21(30)23-10-20(29)27-16-4-6-17(7-5-16)28-12-22-11-24-28/h3-9,11-12H,10H2,1-2H3,(H,23,30)(H,27,29). The molecule has 0 saturated heterocycles. The van der Waals surface area contributed by atoms with E-state index in [4.69, 9.17) is 0 Å². The highest BCUT2D eigenvalue weighted by Gasteiger charge is 2.11. The zero-order chi connectivity index (χ0) is 21.1. The lowest BCUT2D eigenvalue weighted by atomic mass is 10.1. The van der Waals surface area contributed by atoms with Gasteiger partial charge in [0.1, 0.15) is 12.7 Å². The number of aryl methyl sites for hydroxylation is 2. The molecule has 150 valence electrons. The van der Waals surface area contributed by atoms with Crippen LogP contribution in [0.3, 0.4) is 0 Å². The number of hydrogen-bond acceptors (Lipinski definition) is 6. The Morgan fingerprint density at radius 1 is 0.967 bits per heavy atom. The van der Waals surface area contributed by atoms with Gasteiger partial charge in [0.2, 0.25) is 5.91 Å². The maximum atomic E-state index is 12.4. The number of anilines is 1. The van der Waals surface area contributed by atoms with Gasteiger partial charge in [-0.25, -0.2) is 19.6 Å². The molecular formula is C21H19N7O2. The fraction of sp³-hybridized carbons (Fsp3) is 0.143. The number of nitrogens with zero attached hydrogens (tertiary/aromatic N) is 5. The number of nitrogens with one attached hydrogen (secondary N) is 2. The van der Waals surface area contributed by atoms with Crippen LogP contribution in [0.1, 0.15) is 21.7 Å². The summed E-state index contributed by atoms with van der Waals surface area (Å²) < 4.78 is 1.61. The number of fused-ring (bicyclic) bond motifs is 1. The smallest absolute Gasteiger partial charge is 0.251 e. The number of hydrogen-bond donors (Lipinski definition) is 2. The van der Waals surface area contributed by atoms with Gasteiger partial charge in [-0.2, -0.15) is 5.10 Å². The van der Waals surface area contributed by atoms with Gasteiger partial charge < -0.3 is 10.6 Å². The van der Waals surface area contributed by atoms with Crippen LogP contribution in [0.15, 0.2) is 55.1 Å². The molecule has 30 heavy (non-hydrogen) atoms. The van der Waals surface area contributed by atoms with Crippen LogP contribution in [0.25, 0.3) is 16.7 Å². The van der Waals surface area contributed by atoms with Crippen LogP contribution in [0.2, 0.25) is 0 Å². The van der Waals surface area contributed by atoms with Gasteiger partial charge in [-0.15, -0.1) is 0 Å². The summed E-state index contributed by atoms with van der Waals surface area (Å²) in [7, 11) is 0. The first kappa shape index (κ1) is 19.2. The minimum Gasteiger partial charge on any atom is -0.343 e. The first-order valence-electron chi connectivity index (χ1n) is 9.28. The Morgan fingerprint density at radius 2 is 1.70 bits per heavy atom. The lowest BCUT2D eigenvalue weighted by Gasteiger charge is -2.09. The Kier molecular flexibility index (Phi) is 5.17. The van der Waals surface area contributed by atoms with Crippen molar-refractivity contribution in [3.05, 3.63) is 72.1 Å². The molecule has 2 N–H and O–H groups in total. The molecule has 0 fully saturated rings. The summed E-state index contributed by atoms with van der Waals surface area (Å²) in [5, 5.41) is 9.41. The SMILES string of the molecule is Cc1nc2ccc(C(=O)NCC(=O)Nc3ccc(-n4cncn4)cc3)cc2nc1C. The molecule has 2 heterocycles. The highest BCUT2D eigenvalue weighted by atomic mass is 16.2. The van der Waals surface area contributed by atoms with Crippen LogP contribution < -0.4 is 10.6 Å². The second-order valence-electron chi connectivity index (χ2n) is 6.72. The topological polar surface area (TPSA) is 115 Å². The Morgan fingerprint density at radius 3 is 2.40 bits per heavy atom. The predicted molar refractivity (Wildman–Crippen MR) is 111 cm³/mol. The molecule has 2 amide bonds. The molecule has 2 aromatic heterocycles. The molecule has 4 aromatic rings. The summed E-state index contributed by atoms with van der Waals surface area (Å²) in [5.41, 5.74) is 4.89. The molecule has 0 saturated carbocycles. The fourth-order valence-electron chi connectivity index (χ4n) is 2.88. The summed E-state index contributed by atoms with van der Waals surface area (Å²) >= 11 is 0.